The van der Waals surface area contributed by atoms with Crippen LogP contribution in [0.4, 0.5) is 5.69 Å². The number of rotatable bonds is 2. The van der Waals surface area contributed by atoms with E-state index in [-0.39, 0.29) is 0 Å². The molecule has 2 heteroatoms. The molecule has 0 spiro atoms. The first-order valence-electron chi connectivity index (χ1n) is 5.80. The molecule has 0 aliphatic carbocycles. The van der Waals surface area contributed by atoms with Crippen LogP contribution in [0, 0.1) is 13.8 Å². The second-order valence-corrected chi connectivity index (χ2v) is 4.70. The van der Waals surface area contributed by atoms with Gasteiger partial charge in [0.2, 0.25) is 0 Å². The van der Waals surface area contributed by atoms with Gasteiger partial charge in [-0.05, 0) is 25.0 Å². The van der Waals surface area contributed by atoms with E-state index in [4.69, 9.17) is 0 Å². The largest absolute Gasteiger partial charge is 0.380 e. The van der Waals surface area contributed by atoms with E-state index in [9.17, 15) is 0 Å². The predicted molar refractivity (Wildman–Crippen MR) is 69.6 cm³/mol. The highest BCUT2D eigenvalue weighted by atomic mass is 15.2. The maximum Gasteiger partial charge on any atom is 0.0466 e. The van der Waals surface area contributed by atoms with Crippen LogP contribution in [0.3, 0.4) is 0 Å². The van der Waals surface area contributed by atoms with Crippen molar-refractivity contribution in [1.82, 2.24) is 4.90 Å². The van der Waals surface area contributed by atoms with Crippen LogP contribution in [-0.2, 0) is 0 Å². The van der Waals surface area contributed by atoms with Crippen LogP contribution >= 0.6 is 0 Å². The Labute approximate surface area is 98.2 Å². The first-order valence-corrected chi connectivity index (χ1v) is 5.80. The molecule has 1 aliphatic rings. The number of nitrogens with zero attached hydrogens (tertiary/aromatic N) is 2. The quantitative estimate of drug-likeness (QED) is 0.750. The molecule has 2 rings (SSSR count). The summed E-state index contributed by atoms with van der Waals surface area (Å²) in [5.74, 6) is 0. The number of anilines is 1. The van der Waals surface area contributed by atoms with Crippen LogP contribution < -0.4 is 4.90 Å². The van der Waals surface area contributed by atoms with Gasteiger partial charge in [-0.25, -0.2) is 0 Å². The molecule has 0 atom stereocenters. The third-order valence-corrected chi connectivity index (χ3v) is 3.21. The van der Waals surface area contributed by atoms with Crippen LogP contribution in [0.15, 0.2) is 30.1 Å². The number of para-hydroxylation sites is 1. The van der Waals surface area contributed by atoms with Crippen molar-refractivity contribution in [2.45, 2.75) is 20.3 Å². The minimum atomic E-state index is 1.10. The monoisotopic (exact) mass is 216 g/mol. The molecule has 86 valence electrons. The molecule has 0 unspecified atom stereocenters. The van der Waals surface area contributed by atoms with Gasteiger partial charge in [-0.2, -0.15) is 0 Å². The zero-order valence-electron chi connectivity index (χ0n) is 10.6. The van der Waals surface area contributed by atoms with E-state index in [0.717, 1.165) is 13.0 Å². The fourth-order valence-electron chi connectivity index (χ4n) is 2.32. The Morgan fingerprint density at radius 1 is 1.12 bits per heavy atom. The van der Waals surface area contributed by atoms with Gasteiger partial charge in [0.1, 0.15) is 0 Å². The normalized spacial score (nSPS) is 15.2. The Balaban J connectivity index is 2.33. The molecule has 16 heavy (non-hydrogen) atoms. The summed E-state index contributed by atoms with van der Waals surface area (Å²) in [5.41, 5.74) is 5.49. The van der Waals surface area contributed by atoms with Gasteiger partial charge in [-0.3, -0.25) is 0 Å². The van der Waals surface area contributed by atoms with Crippen molar-refractivity contribution in [1.29, 1.82) is 0 Å². The minimum absolute atomic E-state index is 1.10. The number of hydrogen-bond donors (Lipinski definition) is 0. The van der Waals surface area contributed by atoms with Gasteiger partial charge in [-0.15, -0.1) is 0 Å². The smallest absolute Gasteiger partial charge is 0.0466 e. The van der Waals surface area contributed by atoms with Crippen molar-refractivity contribution < 1.29 is 0 Å². The molecule has 0 N–H and O–H groups in total. The van der Waals surface area contributed by atoms with Gasteiger partial charge in [0, 0.05) is 44.6 Å². The van der Waals surface area contributed by atoms with Gasteiger partial charge in [0.05, 0.1) is 0 Å². The lowest BCUT2D eigenvalue weighted by Crippen LogP contribution is -2.14. The van der Waals surface area contributed by atoms with Crippen molar-refractivity contribution in [3.05, 3.63) is 41.2 Å². The van der Waals surface area contributed by atoms with Crippen LogP contribution in [0.2, 0.25) is 0 Å². The highest BCUT2D eigenvalue weighted by Crippen LogP contribution is 2.29. The lowest BCUT2D eigenvalue weighted by atomic mass is 10.1. The third kappa shape index (κ3) is 1.92. The summed E-state index contributed by atoms with van der Waals surface area (Å²) >= 11 is 0. The van der Waals surface area contributed by atoms with Crippen molar-refractivity contribution >= 4 is 5.69 Å². The summed E-state index contributed by atoms with van der Waals surface area (Å²) in [7, 11) is 4.22. The van der Waals surface area contributed by atoms with Crippen molar-refractivity contribution in [3.8, 4) is 0 Å². The van der Waals surface area contributed by atoms with E-state index in [1.54, 1.807) is 0 Å². The van der Waals surface area contributed by atoms with Gasteiger partial charge in [-0.1, -0.05) is 18.2 Å². The van der Waals surface area contributed by atoms with E-state index in [1.165, 1.54) is 22.5 Å². The zero-order chi connectivity index (χ0) is 11.7. The molecular formula is C14H20N2. The Bertz CT molecular complexity index is 398. The SMILES string of the molecule is Cc1cccc(C)c1N1C=C(N(C)C)CC1. The third-order valence-electron chi connectivity index (χ3n) is 3.21. The average Bonchev–Trinajstić information content (AvgIpc) is 2.66. The number of aryl methyl sites for hydroxylation is 2. The maximum atomic E-state index is 2.38. The van der Waals surface area contributed by atoms with E-state index >= 15 is 0 Å². The highest BCUT2D eigenvalue weighted by Gasteiger charge is 2.17. The summed E-state index contributed by atoms with van der Waals surface area (Å²) in [5, 5.41) is 0. The van der Waals surface area contributed by atoms with Gasteiger partial charge in [0.15, 0.2) is 0 Å². The topological polar surface area (TPSA) is 6.48 Å². The Hall–Kier alpha value is -1.44. The Kier molecular flexibility index (Phi) is 2.90. The Morgan fingerprint density at radius 3 is 2.25 bits per heavy atom. The molecule has 1 aromatic rings. The van der Waals surface area contributed by atoms with Crippen LogP contribution in [0.1, 0.15) is 17.5 Å². The summed E-state index contributed by atoms with van der Waals surface area (Å²) in [6.45, 7) is 5.47. The van der Waals surface area contributed by atoms with Crippen LogP contribution in [-0.4, -0.2) is 25.5 Å². The second kappa shape index (κ2) is 4.20. The standard InChI is InChI=1S/C14H20N2/c1-11-6-5-7-12(2)14(11)16-9-8-13(10-16)15(3)4/h5-7,10H,8-9H2,1-4H3. The van der Waals surface area contributed by atoms with Crippen molar-refractivity contribution in [2.24, 2.45) is 0 Å². The zero-order valence-corrected chi connectivity index (χ0v) is 10.6. The minimum Gasteiger partial charge on any atom is -0.380 e. The molecule has 0 saturated heterocycles. The second-order valence-electron chi connectivity index (χ2n) is 4.70. The molecule has 0 fully saturated rings. The van der Waals surface area contributed by atoms with Crippen molar-refractivity contribution in [2.75, 3.05) is 25.5 Å². The van der Waals surface area contributed by atoms with E-state index < -0.39 is 0 Å². The summed E-state index contributed by atoms with van der Waals surface area (Å²) in [6, 6.07) is 6.49. The van der Waals surface area contributed by atoms with E-state index in [2.05, 4.69) is 62.1 Å². The number of hydrogen-bond acceptors (Lipinski definition) is 2. The average molecular weight is 216 g/mol. The fraction of sp³-hybridized carbons (Fsp3) is 0.429. The summed E-state index contributed by atoms with van der Waals surface area (Å²) < 4.78 is 0. The first-order chi connectivity index (χ1) is 7.59. The molecule has 0 radical (unpaired) electrons. The van der Waals surface area contributed by atoms with Crippen LogP contribution in [0.5, 0.6) is 0 Å². The summed E-state index contributed by atoms with van der Waals surface area (Å²) in [4.78, 5) is 4.58. The van der Waals surface area contributed by atoms with Gasteiger partial charge >= 0.3 is 0 Å². The molecular weight excluding hydrogens is 196 g/mol. The predicted octanol–water partition coefficient (Wildman–Crippen LogP) is 2.92. The molecule has 0 aromatic heterocycles. The summed E-state index contributed by atoms with van der Waals surface area (Å²) in [6.07, 6.45) is 3.41. The molecule has 2 nitrogen and oxygen atoms in total. The highest BCUT2D eigenvalue weighted by molar-refractivity contribution is 5.62. The molecule has 1 aromatic carbocycles. The Morgan fingerprint density at radius 2 is 1.75 bits per heavy atom. The van der Waals surface area contributed by atoms with E-state index in [1.807, 2.05) is 0 Å². The van der Waals surface area contributed by atoms with Crippen LogP contribution in [0.25, 0.3) is 0 Å². The lowest BCUT2D eigenvalue weighted by Gasteiger charge is -2.20. The molecule has 0 saturated carbocycles. The maximum absolute atomic E-state index is 2.38. The first kappa shape index (κ1) is 11.1. The van der Waals surface area contributed by atoms with Gasteiger partial charge < -0.3 is 9.80 Å². The fourth-order valence-corrected chi connectivity index (χ4v) is 2.32. The molecule has 0 amide bonds. The van der Waals surface area contributed by atoms with Gasteiger partial charge in [0.25, 0.3) is 0 Å². The van der Waals surface area contributed by atoms with Crippen molar-refractivity contribution in [3.63, 3.8) is 0 Å². The molecule has 0 bridgehead atoms. The molecule has 1 heterocycles. The number of benzene rings is 1. The van der Waals surface area contributed by atoms with E-state index in [0.29, 0.717) is 0 Å². The lowest BCUT2D eigenvalue weighted by molar-refractivity contribution is 0.499. The molecule has 1 aliphatic heterocycles.